The summed E-state index contributed by atoms with van der Waals surface area (Å²) >= 11 is 4.70. The van der Waals surface area contributed by atoms with Crippen LogP contribution in [0.4, 0.5) is 0 Å². The highest BCUT2D eigenvalue weighted by Gasteiger charge is 2.19. The van der Waals surface area contributed by atoms with Crippen LogP contribution in [0.15, 0.2) is 20.7 Å². The van der Waals surface area contributed by atoms with Crippen LogP contribution in [0, 0.1) is 0 Å². The average molecular weight is 342 g/mol. The topological polar surface area (TPSA) is 56.9 Å². The van der Waals surface area contributed by atoms with E-state index in [2.05, 4.69) is 21.0 Å². The Balaban J connectivity index is 1.86. The highest BCUT2D eigenvalue weighted by molar-refractivity contribution is 9.11. The van der Waals surface area contributed by atoms with E-state index in [0.29, 0.717) is 11.4 Å². The van der Waals surface area contributed by atoms with Gasteiger partial charge < -0.3 is 0 Å². The zero-order valence-corrected chi connectivity index (χ0v) is 12.5. The van der Waals surface area contributed by atoms with Gasteiger partial charge in [0.1, 0.15) is 12.4 Å². The molecular weight excluding hydrogens is 330 g/mol. The highest BCUT2D eigenvalue weighted by Crippen LogP contribution is 2.22. The predicted molar refractivity (Wildman–Crippen MR) is 75.8 cm³/mol. The minimum Gasteiger partial charge on any atom is -0.291 e. The summed E-state index contributed by atoms with van der Waals surface area (Å²) in [6.45, 7) is 0.735. The Morgan fingerprint density at radius 2 is 2.26 bits per heavy atom. The minimum atomic E-state index is -0.168. The van der Waals surface area contributed by atoms with E-state index in [0.717, 1.165) is 28.9 Å². The number of rotatable bonds is 3. The molecule has 0 aromatic carbocycles. The first kappa shape index (κ1) is 12.8. The van der Waals surface area contributed by atoms with Crippen molar-refractivity contribution in [3.8, 4) is 0 Å². The smallest absolute Gasteiger partial charge is 0.291 e. The molecule has 0 saturated carbocycles. The summed E-state index contributed by atoms with van der Waals surface area (Å²) in [5.41, 5.74) is -0.168. The fraction of sp³-hybridized carbons (Fsp3) is 0.417. The number of halogens is 1. The quantitative estimate of drug-likeness (QED) is 0.803. The molecule has 5 nitrogen and oxygen atoms in total. The minimum absolute atomic E-state index is 0.0196. The molecule has 2 aromatic heterocycles. The second kappa shape index (κ2) is 5.05. The molecular formula is C12H12BrN3O2S. The number of ketones is 1. The van der Waals surface area contributed by atoms with Crippen molar-refractivity contribution in [2.45, 2.75) is 32.4 Å². The Morgan fingerprint density at radius 3 is 2.95 bits per heavy atom. The summed E-state index contributed by atoms with van der Waals surface area (Å²) in [5, 5.41) is 4.26. The summed E-state index contributed by atoms with van der Waals surface area (Å²) in [7, 11) is 0. The van der Waals surface area contributed by atoms with E-state index in [9.17, 15) is 9.59 Å². The van der Waals surface area contributed by atoms with Gasteiger partial charge in [0.15, 0.2) is 5.78 Å². The van der Waals surface area contributed by atoms with E-state index in [4.69, 9.17) is 0 Å². The summed E-state index contributed by atoms with van der Waals surface area (Å²) in [6.07, 6.45) is 2.88. The van der Waals surface area contributed by atoms with Crippen LogP contribution in [0.25, 0.3) is 0 Å². The fourth-order valence-electron chi connectivity index (χ4n) is 2.23. The van der Waals surface area contributed by atoms with Crippen LogP contribution in [-0.2, 0) is 19.5 Å². The molecule has 1 aliphatic heterocycles. The zero-order valence-electron chi connectivity index (χ0n) is 10.1. The number of thiophene rings is 1. The van der Waals surface area contributed by atoms with E-state index in [-0.39, 0.29) is 18.0 Å². The molecule has 100 valence electrons. The molecule has 0 saturated heterocycles. The molecule has 0 atom stereocenters. The number of aryl methyl sites for hydroxylation is 1. The Bertz CT molecular complexity index is 685. The molecule has 0 bridgehead atoms. The van der Waals surface area contributed by atoms with Gasteiger partial charge in [-0.05, 0) is 40.9 Å². The highest BCUT2D eigenvalue weighted by atomic mass is 79.9. The Labute approximate surface area is 122 Å². The van der Waals surface area contributed by atoms with E-state index in [1.807, 2.05) is 6.07 Å². The number of aromatic nitrogens is 3. The number of nitrogens with zero attached hydrogens (tertiary/aromatic N) is 3. The molecule has 2 aromatic rings. The molecule has 3 rings (SSSR count). The Hall–Kier alpha value is -1.21. The van der Waals surface area contributed by atoms with Gasteiger partial charge in [-0.1, -0.05) is 0 Å². The second-order valence-corrected chi connectivity index (χ2v) is 6.96. The monoisotopic (exact) mass is 341 g/mol. The number of carbonyl (C=O) groups is 1. The van der Waals surface area contributed by atoms with Crippen molar-refractivity contribution >= 4 is 33.0 Å². The van der Waals surface area contributed by atoms with E-state index in [1.165, 1.54) is 16.0 Å². The van der Waals surface area contributed by atoms with Gasteiger partial charge in [0, 0.05) is 13.0 Å². The first-order valence-electron chi connectivity index (χ1n) is 6.10. The predicted octanol–water partition coefficient (Wildman–Crippen LogP) is 2.09. The lowest BCUT2D eigenvalue weighted by Crippen LogP contribution is -2.28. The number of hydrogen-bond donors (Lipinski definition) is 0. The molecule has 7 heteroatoms. The Kier molecular flexibility index (Phi) is 3.40. The van der Waals surface area contributed by atoms with Crippen molar-refractivity contribution in [1.29, 1.82) is 0 Å². The van der Waals surface area contributed by atoms with Crippen molar-refractivity contribution in [1.82, 2.24) is 14.3 Å². The number of carbonyl (C=O) groups excluding carboxylic acids is 1. The third kappa shape index (κ3) is 2.44. The molecule has 0 radical (unpaired) electrons. The largest absolute Gasteiger partial charge is 0.346 e. The first-order valence-corrected chi connectivity index (χ1v) is 7.71. The summed E-state index contributed by atoms with van der Waals surface area (Å²) < 4.78 is 3.88. The van der Waals surface area contributed by atoms with Crippen LogP contribution < -0.4 is 5.69 Å². The lowest BCUT2D eigenvalue weighted by molar-refractivity contribution is 0.0970. The maximum Gasteiger partial charge on any atom is 0.346 e. The molecule has 0 spiro atoms. The fourth-order valence-corrected chi connectivity index (χ4v) is 3.55. The van der Waals surface area contributed by atoms with Gasteiger partial charge in [0.05, 0.1) is 8.66 Å². The van der Waals surface area contributed by atoms with Gasteiger partial charge in [-0.3, -0.25) is 9.36 Å². The van der Waals surface area contributed by atoms with Gasteiger partial charge in [-0.15, -0.1) is 11.3 Å². The van der Waals surface area contributed by atoms with Crippen LogP contribution in [0.2, 0.25) is 0 Å². The molecule has 0 amide bonds. The maximum atomic E-state index is 12.1. The average Bonchev–Trinajstić information content (AvgIpc) is 2.96. The third-order valence-corrected chi connectivity index (χ3v) is 4.84. The molecule has 0 aliphatic carbocycles. The lowest BCUT2D eigenvalue weighted by atomic mass is 10.2. The maximum absolute atomic E-state index is 12.1. The number of Topliss-reactive ketones (excluding diaryl/α,β-unsaturated/α-hetero) is 1. The van der Waals surface area contributed by atoms with Crippen molar-refractivity contribution in [2.24, 2.45) is 0 Å². The summed E-state index contributed by atoms with van der Waals surface area (Å²) in [4.78, 5) is 24.8. The van der Waals surface area contributed by atoms with Crippen LogP contribution in [0.1, 0.15) is 28.3 Å². The molecule has 0 N–H and O–H groups in total. The molecule has 3 heterocycles. The molecule has 0 unspecified atom stereocenters. The van der Waals surface area contributed by atoms with Crippen molar-refractivity contribution in [3.05, 3.63) is 37.1 Å². The van der Waals surface area contributed by atoms with E-state index < -0.39 is 0 Å². The van der Waals surface area contributed by atoms with Crippen LogP contribution in [-0.4, -0.2) is 20.1 Å². The molecule has 1 aliphatic rings. The Morgan fingerprint density at radius 1 is 1.42 bits per heavy atom. The van der Waals surface area contributed by atoms with Crippen LogP contribution >= 0.6 is 27.3 Å². The van der Waals surface area contributed by atoms with E-state index in [1.54, 1.807) is 10.6 Å². The van der Waals surface area contributed by atoms with Crippen molar-refractivity contribution in [3.63, 3.8) is 0 Å². The van der Waals surface area contributed by atoms with Gasteiger partial charge in [0.2, 0.25) is 0 Å². The molecule has 19 heavy (non-hydrogen) atoms. The lowest BCUT2D eigenvalue weighted by Gasteiger charge is -2.09. The van der Waals surface area contributed by atoms with Crippen LogP contribution in [0.5, 0.6) is 0 Å². The normalized spacial score (nSPS) is 14.4. The zero-order chi connectivity index (χ0) is 13.4. The van der Waals surface area contributed by atoms with E-state index >= 15 is 0 Å². The van der Waals surface area contributed by atoms with Gasteiger partial charge in [-0.2, -0.15) is 5.10 Å². The van der Waals surface area contributed by atoms with Crippen molar-refractivity contribution < 1.29 is 4.79 Å². The summed E-state index contributed by atoms with van der Waals surface area (Å²) in [5.74, 6) is 0.727. The standard InChI is InChI=1S/C12H12BrN3O2S/c13-10-5-4-9(19-10)8(17)7-16-12(18)15-6-2-1-3-11(15)14-16/h4-5H,1-3,6-7H2. The summed E-state index contributed by atoms with van der Waals surface area (Å²) in [6, 6.07) is 3.59. The molecule has 0 fully saturated rings. The van der Waals surface area contributed by atoms with Gasteiger partial charge in [-0.25, -0.2) is 9.48 Å². The van der Waals surface area contributed by atoms with Gasteiger partial charge >= 0.3 is 5.69 Å². The number of hydrogen-bond acceptors (Lipinski definition) is 4. The van der Waals surface area contributed by atoms with Gasteiger partial charge in [0.25, 0.3) is 0 Å². The third-order valence-electron chi connectivity index (χ3n) is 3.17. The second-order valence-electron chi connectivity index (χ2n) is 4.49. The van der Waals surface area contributed by atoms with Crippen molar-refractivity contribution in [2.75, 3.05) is 0 Å². The SMILES string of the molecule is O=C(Cn1nc2n(c1=O)CCCC2)c1ccc(Br)s1. The van der Waals surface area contributed by atoms with Crippen LogP contribution in [0.3, 0.4) is 0 Å². The first-order chi connectivity index (χ1) is 9.15. The number of fused-ring (bicyclic) bond motifs is 1.